The van der Waals surface area contributed by atoms with Crippen LogP contribution in [0.4, 0.5) is 0 Å². The Bertz CT molecular complexity index is 287. The Hall–Kier alpha value is -0.800. The fourth-order valence-electron chi connectivity index (χ4n) is 1.34. The molecular weight excluding hydrogens is 194 g/mol. The maximum atomic E-state index is 11.1. The highest BCUT2D eigenvalue weighted by atomic mass is 32.1. The summed E-state index contributed by atoms with van der Waals surface area (Å²) >= 11 is 3.86. The highest BCUT2D eigenvalue weighted by molar-refractivity contribution is 7.96. The van der Waals surface area contributed by atoms with E-state index in [-0.39, 0.29) is 11.2 Å². The quantitative estimate of drug-likeness (QED) is 0.722. The van der Waals surface area contributed by atoms with Crippen LogP contribution in [0.3, 0.4) is 0 Å². The first-order valence-corrected chi connectivity index (χ1v) is 5.19. The standard InChI is InChI=1S/C11H15NOS/c1-2-12-10(11(13)14)8-9-6-4-3-5-7-9/h3-7,10,12H,2,8H2,1H3,(H,13,14)/t10-/m0/s1. The lowest BCUT2D eigenvalue weighted by Crippen LogP contribution is -2.36. The third-order valence-corrected chi connectivity index (χ3v) is 2.34. The van der Waals surface area contributed by atoms with Gasteiger partial charge in [0.2, 0.25) is 5.12 Å². The second-order valence-electron chi connectivity index (χ2n) is 3.14. The van der Waals surface area contributed by atoms with Gasteiger partial charge < -0.3 is 5.32 Å². The van der Waals surface area contributed by atoms with Crippen molar-refractivity contribution in [2.24, 2.45) is 0 Å². The Morgan fingerprint density at radius 3 is 2.57 bits per heavy atom. The predicted octanol–water partition coefficient (Wildman–Crippen LogP) is 1.66. The molecule has 14 heavy (non-hydrogen) atoms. The number of likely N-dealkylation sites (N-methyl/N-ethyl adjacent to an activating group) is 1. The zero-order valence-electron chi connectivity index (χ0n) is 8.23. The second kappa shape index (κ2) is 5.83. The third-order valence-electron chi connectivity index (χ3n) is 2.03. The van der Waals surface area contributed by atoms with Gasteiger partial charge in [-0.1, -0.05) is 37.3 Å². The molecule has 1 N–H and O–H groups in total. The average Bonchev–Trinajstić information content (AvgIpc) is 2.18. The van der Waals surface area contributed by atoms with Crippen molar-refractivity contribution in [2.75, 3.05) is 6.54 Å². The van der Waals surface area contributed by atoms with Crippen molar-refractivity contribution in [3.63, 3.8) is 0 Å². The van der Waals surface area contributed by atoms with E-state index in [1.165, 1.54) is 0 Å². The number of nitrogens with one attached hydrogen (secondary N) is 1. The molecular formula is C11H15NOS. The van der Waals surface area contributed by atoms with Crippen molar-refractivity contribution in [3.05, 3.63) is 35.9 Å². The van der Waals surface area contributed by atoms with Gasteiger partial charge in [0.15, 0.2) is 0 Å². The van der Waals surface area contributed by atoms with Crippen LogP contribution in [-0.2, 0) is 11.2 Å². The number of hydrogen-bond acceptors (Lipinski definition) is 2. The molecule has 0 unspecified atom stereocenters. The topological polar surface area (TPSA) is 29.1 Å². The van der Waals surface area contributed by atoms with E-state index in [0.717, 1.165) is 12.1 Å². The largest absolute Gasteiger partial charge is 0.307 e. The number of benzene rings is 1. The molecule has 0 aliphatic rings. The van der Waals surface area contributed by atoms with Gasteiger partial charge in [0.05, 0.1) is 6.04 Å². The average molecular weight is 209 g/mol. The van der Waals surface area contributed by atoms with Crippen LogP contribution in [-0.4, -0.2) is 17.7 Å². The van der Waals surface area contributed by atoms with Crippen LogP contribution >= 0.6 is 12.6 Å². The maximum Gasteiger partial charge on any atom is 0.203 e. The van der Waals surface area contributed by atoms with E-state index >= 15 is 0 Å². The summed E-state index contributed by atoms with van der Waals surface area (Å²) in [4.78, 5) is 11.1. The van der Waals surface area contributed by atoms with Crippen LogP contribution < -0.4 is 5.32 Å². The zero-order valence-corrected chi connectivity index (χ0v) is 9.13. The molecule has 0 radical (unpaired) electrons. The van der Waals surface area contributed by atoms with E-state index in [4.69, 9.17) is 0 Å². The van der Waals surface area contributed by atoms with E-state index in [0.29, 0.717) is 6.42 Å². The Morgan fingerprint density at radius 1 is 1.43 bits per heavy atom. The minimum atomic E-state index is -0.175. The van der Waals surface area contributed by atoms with Crippen molar-refractivity contribution in [3.8, 4) is 0 Å². The van der Waals surface area contributed by atoms with Crippen LogP contribution in [0.5, 0.6) is 0 Å². The SMILES string of the molecule is CCN[C@@H](Cc1ccccc1)C(=O)S. The van der Waals surface area contributed by atoms with E-state index < -0.39 is 0 Å². The number of hydrogen-bond donors (Lipinski definition) is 2. The summed E-state index contributed by atoms with van der Waals surface area (Å²) < 4.78 is 0. The zero-order chi connectivity index (χ0) is 10.4. The van der Waals surface area contributed by atoms with Crippen molar-refractivity contribution in [2.45, 2.75) is 19.4 Å². The normalized spacial score (nSPS) is 12.4. The summed E-state index contributed by atoms with van der Waals surface area (Å²) in [5, 5.41) is 3.00. The van der Waals surface area contributed by atoms with Gasteiger partial charge in [0.25, 0.3) is 0 Å². The van der Waals surface area contributed by atoms with Gasteiger partial charge in [0, 0.05) is 0 Å². The first-order valence-electron chi connectivity index (χ1n) is 4.74. The fraction of sp³-hybridized carbons (Fsp3) is 0.364. The molecule has 3 heteroatoms. The van der Waals surface area contributed by atoms with Crippen LogP contribution in [0.1, 0.15) is 12.5 Å². The highest BCUT2D eigenvalue weighted by Crippen LogP contribution is 2.04. The molecule has 0 aliphatic heterocycles. The molecule has 1 aromatic rings. The summed E-state index contributed by atoms with van der Waals surface area (Å²) in [6, 6.07) is 9.77. The summed E-state index contributed by atoms with van der Waals surface area (Å²) in [6.45, 7) is 2.76. The summed E-state index contributed by atoms with van der Waals surface area (Å²) in [5.41, 5.74) is 1.15. The smallest absolute Gasteiger partial charge is 0.203 e. The lowest BCUT2D eigenvalue weighted by atomic mass is 10.1. The van der Waals surface area contributed by atoms with E-state index in [1.807, 2.05) is 37.3 Å². The van der Waals surface area contributed by atoms with Gasteiger partial charge in [-0.3, -0.25) is 4.79 Å². The van der Waals surface area contributed by atoms with Crippen molar-refractivity contribution >= 4 is 17.7 Å². The van der Waals surface area contributed by atoms with Gasteiger partial charge >= 0.3 is 0 Å². The number of rotatable bonds is 5. The molecule has 0 bridgehead atoms. The van der Waals surface area contributed by atoms with Crippen molar-refractivity contribution in [1.29, 1.82) is 0 Å². The number of carbonyl (C=O) groups excluding carboxylic acids is 1. The first kappa shape index (κ1) is 11.3. The highest BCUT2D eigenvalue weighted by Gasteiger charge is 2.13. The summed E-state index contributed by atoms with van der Waals surface area (Å²) in [6.07, 6.45) is 0.705. The minimum Gasteiger partial charge on any atom is -0.307 e. The number of carbonyl (C=O) groups is 1. The van der Waals surface area contributed by atoms with E-state index in [1.54, 1.807) is 0 Å². The fourth-order valence-corrected chi connectivity index (χ4v) is 1.53. The Balaban J connectivity index is 2.60. The van der Waals surface area contributed by atoms with Crippen molar-refractivity contribution < 1.29 is 4.79 Å². The minimum absolute atomic E-state index is 0.101. The van der Waals surface area contributed by atoms with Gasteiger partial charge in [-0.25, -0.2) is 0 Å². The van der Waals surface area contributed by atoms with Crippen molar-refractivity contribution in [1.82, 2.24) is 5.32 Å². The second-order valence-corrected chi connectivity index (χ2v) is 3.58. The van der Waals surface area contributed by atoms with Gasteiger partial charge in [-0.05, 0) is 18.5 Å². The summed E-state index contributed by atoms with van der Waals surface area (Å²) in [7, 11) is 0. The molecule has 76 valence electrons. The van der Waals surface area contributed by atoms with Gasteiger partial charge in [0.1, 0.15) is 0 Å². The first-order chi connectivity index (χ1) is 6.74. The van der Waals surface area contributed by atoms with Crippen LogP contribution in [0.25, 0.3) is 0 Å². The molecule has 0 amide bonds. The summed E-state index contributed by atoms with van der Waals surface area (Å²) in [5.74, 6) is 0. The number of thiol groups is 1. The lowest BCUT2D eigenvalue weighted by Gasteiger charge is -2.13. The van der Waals surface area contributed by atoms with Gasteiger partial charge in [-0.15, -0.1) is 12.6 Å². The molecule has 2 nitrogen and oxygen atoms in total. The Morgan fingerprint density at radius 2 is 2.07 bits per heavy atom. The molecule has 0 saturated carbocycles. The molecule has 1 atom stereocenters. The Labute approximate surface area is 90.1 Å². The molecule has 0 saturated heterocycles. The van der Waals surface area contributed by atoms with E-state index in [9.17, 15) is 4.79 Å². The van der Waals surface area contributed by atoms with E-state index in [2.05, 4.69) is 17.9 Å². The molecule has 0 fully saturated rings. The lowest BCUT2D eigenvalue weighted by molar-refractivity contribution is -0.112. The third kappa shape index (κ3) is 3.52. The molecule has 0 aromatic heterocycles. The van der Waals surface area contributed by atoms with Gasteiger partial charge in [-0.2, -0.15) is 0 Å². The predicted molar refractivity (Wildman–Crippen MR) is 61.6 cm³/mol. The van der Waals surface area contributed by atoms with Crippen LogP contribution in [0, 0.1) is 0 Å². The molecule has 0 aliphatic carbocycles. The monoisotopic (exact) mass is 209 g/mol. The molecule has 0 spiro atoms. The molecule has 1 rings (SSSR count). The van der Waals surface area contributed by atoms with Crippen LogP contribution in [0.2, 0.25) is 0 Å². The maximum absolute atomic E-state index is 11.1. The molecule has 0 heterocycles. The van der Waals surface area contributed by atoms with Crippen LogP contribution in [0.15, 0.2) is 30.3 Å². The molecule has 1 aromatic carbocycles. The Kier molecular flexibility index (Phi) is 4.70.